The zero-order chi connectivity index (χ0) is 12.2. The van der Waals surface area contributed by atoms with E-state index in [0.717, 1.165) is 12.6 Å². The highest BCUT2D eigenvalue weighted by molar-refractivity contribution is 4.93. The highest BCUT2D eigenvalue weighted by Crippen LogP contribution is 2.37. The topological polar surface area (TPSA) is 15.3 Å². The summed E-state index contributed by atoms with van der Waals surface area (Å²) < 4.78 is 0. The lowest BCUT2D eigenvalue weighted by atomic mass is 9.72. The van der Waals surface area contributed by atoms with E-state index in [1.54, 1.807) is 0 Å². The zero-order valence-electron chi connectivity index (χ0n) is 11.8. The van der Waals surface area contributed by atoms with Crippen LogP contribution in [0.25, 0.3) is 0 Å². The molecule has 1 fully saturated rings. The third-order valence-corrected chi connectivity index (χ3v) is 3.97. The largest absolute Gasteiger partial charge is 0.313 e. The molecule has 1 saturated carbocycles. The maximum absolute atomic E-state index is 3.67. The predicted molar refractivity (Wildman–Crippen MR) is 71.8 cm³/mol. The summed E-state index contributed by atoms with van der Waals surface area (Å²) in [5.41, 5.74) is 0.526. The van der Waals surface area contributed by atoms with Crippen LogP contribution in [0, 0.1) is 5.41 Å². The second-order valence-electron chi connectivity index (χ2n) is 6.12. The van der Waals surface area contributed by atoms with Crippen molar-refractivity contribution in [3.8, 4) is 0 Å². The van der Waals surface area contributed by atoms with Crippen LogP contribution in [0.5, 0.6) is 0 Å². The van der Waals surface area contributed by atoms with Gasteiger partial charge >= 0.3 is 0 Å². The molecule has 0 spiro atoms. The molecule has 0 bridgehead atoms. The van der Waals surface area contributed by atoms with E-state index >= 15 is 0 Å². The number of hydrogen-bond donors (Lipinski definition) is 1. The van der Waals surface area contributed by atoms with Gasteiger partial charge in [-0.15, -0.1) is 0 Å². The minimum Gasteiger partial charge on any atom is -0.313 e. The molecule has 0 aromatic rings. The summed E-state index contributed by atoms with van der Waals surface area (Å²) in [4.78, 5) is 2.56. The molecule has 0 amide bonds. The molecule has 2 heteroatoms. The van der Waals surface area contributed by atoms with Crippen LogP contribution >= 0.6 is 0 Å². The van der Waals surface area contributed by atoms with E-state index in [1.165, 1.54) is 32.2 Å². The summed E-state index contributed by atoms with van der Waals surface area (Å²) in [6.07, 6.45) is 5.29. The summed E-state index contributed by atoms with van der Waals surface area (Å²) in [7, 11) is 2.29. The van der Waals surface area contributed by atoms with E-state index in [2.05, 4.69) is 45.0 Å². The van der Waals surface area contributed by atoms with Crippen molar-refractivity contribution in [1.82, 2.24) is 10.2 Å². The molecule has 1 aliphatic rings. The SMILES string of the molecule is CCCN(C)C1CC(C)(C)CCC1NCC. The van der Waals surface area contributed by atoms with E-state index < -0.39 is 0 Å². The van der Waals surface area contributed by atoms with Gasteiger partial charge in [-0.1, -0.05) is 27.7 Å². The number of likely N-dealkylation sites (N-methyl/N-ethyl adjacent to an activating group) is 2. The van der Waals surface area contributed by atoms with Crippen molar-refractivity contribution in [2.45, 2.75) is 65.5 Å². The van der Waals surface area contributed by atoms with Crippen LogP contribution in [0.15, 0.2) is 0 Å². The molecular weight excluding hydrogens is 196 g/mol. The highest BCUT2D eigenvalue weighted by atomic mass is 15.2. The first-order chi connectivity index (χ1) is 7.50. The molecule has 0 heterocycles. The Morgan fingerprint density at radius 3 is 2.56 bits per heavy atom. The van der Waals surface area contributed by atoms with Crippen molar-refractivity contribution in [3.05, 3.63) is 0 Å². The van der Waals surface area contributed by atoms with E-state index in [4.69, 9.17) is 0 Å². The second kappa shape index (κ2) is 6.02. The average Bonchev–Trinajstić information content (AvgIpc) is 2.21. The number of nitrogens with zero attached hydrogens (tertiary/aromatic N) is 1. The fourth-order valence-corrected chi connectivity index (χ4v) is 3.03. The lowest BCUT2D eigenvalue weighted by Crippen LogP contribution is -2.53. The average molecular weight is 226 g/mol. The Hall–Kier alpha value is -0.0800. The van der Waals surface area contributed by atoms with Crippen molar-refractivity contribution < 1.29 is 0 Å². The molecule has 2 atom stereocenters. The minimum atomic E-state index is 0.526. The summed E-state index contributed by atoms with van der Waals surface area (Å²) in [6, 6.07) is 1.43. The Bertz CT molecular complexity index is 201. The molecule has 0 aromatic carbocycles. The van der Waals surface area contributed by atoms with Crippen LogP contribution in [0.1, 0.15) is 53.4 Å². The van der Waals surface area contributed by atoms with Gasteiger partial charge in [0.2, 0.25) is 0 Å². The normalized spacial score (nSPS) is 29.6. The van der Waals surface area contributed by atoms with Crippen molar-refractivity contribution >= 4 is 0 Å². The van der Waals surface area contributed by atoms with Gasteiger partial charge in [0, 0.05) is 12.1 Å². The fourth-order valence-electron chi connectivity index (χ4n) is 3.03. The Balaban J connectivity index is 2.63. The third-order valence-electron chi connectivity index (χ3n) is 3.97. The monoisotopic (exact) mass is 226 g/mol. The van der Waals surface area contributed by atoms with Crippen LogP contribution in [0.3, 0.4) is 0 Å². The second-order valence-corrected chi connectivity index (χ2v) is 6.12. The molecule has 16 heavy (non-hydrogen) atoms. The van der Waals surface area contributed by atoms with Crippen LogP contribution < -0.4 is 5.32 Å². The first-order valence-corrected chi connectivity index (χ1v) is 6.94. The highest BCUT2D eigenvalue weighted by Gasteiger charge is 2.36. The summed E-state index contributed by atoms with van der Waals surface area (Å²) in [6.45, 7) is 11.7. The van der Waals surface area contributed by atoms with Crippen molar-refractivity contribution in [2.75, 3.05) is 20.1 Å². The van der Waals surface area contributed by atoms with Crippen molar-refractivity contribution in [1.29, 1.82) is 0 Å². The van der Waals surface area contributed by atoms with Gasteiger partial charge in [0.25, 0.3) is 0 Å². The van der Waals surface area contributed by atoms with Crippen molar-refractivity contribution in [3.63, 3.8) is 0 Å². The third kappa shape index (κ3) is 3.74. The van der Waals surface area contributed by atoms with Gasteiger partial charge in [0.05, 0.1) is 0 Å². The Kier molecular flexibility index (Phi) is 5.26. The van der Waals surface area contributed by atoms with E-state index in [-0.39, 0.29) is 0 Å². The predicted octanol–water partition coefficient (Wildman–Crippen LogP) is 2.89. The van der Waals surface area contributed by atoms with Gasteiger partial charge < -0.3 is 10.2 Å². The maximum atomic E-state index is 3.67. The van der Waals surface area contributed by atoms with Gasteiger partial charge in [-0.25, -0.2) is 0 Å². The molecule has 0 radical (unpaired) electrons. The van der Waals surface area contributed by atoms with Gasteiger partial charge in [0.15, 0.2) is 0 Å². The fraction of sp³-hybridized carbons (Fsp3) is 1.00. The van der Waals surface area contributed by atoms with Crippen LogP contribution in [-0.2, 0) is 0 Å². The quantitative estimate of drug-likeness (QED) is 0.775. The molecular formula is C14H30N2. The molecule has 2 unspecified atom stereocenters. The zero-order valence-corrected chi connectivity index (χ0v) is 11.8. The first-order valence-electron chi connectivity index (χ1n) is 6.94. The van der Waals surface area contributed by atoms with Gasteiger partial charge in [-0.05, 0) is 51.2 Å². The summed E-state index contributed by atoms with van der Waals surface area (Å²) in [5.74, 6) is 0. The molecule has 1 aliphatic carbocycles. The summed E-state index contributed by atoms with van der Waals surface area (Å²) in [5, 5.41) is 3.67. The molecule has 0 aromatic heterocycles. The smallest absolute Gasteiger partial charge is 0.0251 e. The number of hydrogen-bond acceptors (Lipinski definition) is 2. The van der Waals surface area contributed by atoms with Crippen LogP contribution in [-0.4, -0.2) is 37.1 Å². The van der Waals surface area contributed by atoms with Gasteiger partial charge in [-0.2, -0.15) is 0 Å². The van der Waals surface area contributed by atoms with Crippen molar-refractivity contribution in [2.24, 2.45) is 5.41 Å². The Morgan fingerprint density at radius 2 is 2.00 bits per heavy atom. The maximum Gasteiger partial charge on any atom is 0.0251 e. The van der Waals surface area contributed by atoms with E-state index in [1.807, 2.05) is 0 Å². The van der Waals surface area contributed by atoms with Crippen LogP contribution in [0.2, 0.25) is 0 Å². The first kappa shape index (κ1) is 14.0. The minimum absolute atomic E-state index is 0.526. The molecule has 2 nitrogen and oxygen atoms in total. The molecule has 96 valence electrons. The standard InChI is InChI=1S/C14H30N2/c1-6-10-16(5)13-11-14(3,4)9-8-12(13)15-7-2/h12-13,15H,6-11H2,1-5H3. The van der Waals surface area contributed by atoms with E-state index in [0.29, 0.717) is 11.5 Å². The Morgan fingerprint density at radius 1 is 1.31 bits per heavy atom. The summed E-state index contributed by atoms with van der Waals surface area (Å²) >= 11 is 0. The molecule has 0 saturated heterocycles. The molecule has 1 rings (SSSR count). The number of rotatable bonds is 5. The molecule has 0 aliphatic heterocycles. The van der Waals surface area contributed by atoms with Gasteiger partial charge in [-0.3, -0.25) is 0 Å². The van der Waals surface area contributed by atoms with E-state index in [9.17, 15) is 0 Å². The van der Waals surface area contributed by atoms with Crippen LogP contribution in [0.4, 0.5) is 0 Å². The number of nitrogens with one attached hydrogen (secondary N) is 1. The lowest BCUT2D eigenvalue weighted by molar-refractivity contribution is 0.0826. The lowest BCUT2D eigenvalue weighted by Gasteiger charge is -2.45. The Labute approximate surface area is 102 Å². The molecule has 1 N–H and O–H groups in total. The van der Waals surface area contributed by atoms with Gasteiger partial charge in [0.1, 0.15) is 0 Å².